The molecule has 4 rings (SSSR count). The van der Waals surface area contributed by atoms with Gasteiger partial charge < -0.3 is 4.74 Å². The van der Waals surface area contributed by atoms with Crippen molar-refractivity contribution >= 4 is 11.6 Å². The Morgan fingerprint density at radius 2 is 1.88 bits per heavy atom. The number of rotatable bonds is 4. The van der Waals surface area contributed by atoms with Gasteiger partial charge in [0.1, 0.15) is 11.9 Å². The van der Waals surface area contributed by atoms with Crippen LogP contribution in [0, 0.1) is 0 Å². The van der Waals surface area contributed by atoms with E-state index in [1.807, 2.05) is 18.2 Å². The number of hydrogen-bond donors (Lipinski definition) is 1. The Hall–Kier alpha value is -2.15. The lowest BCUT2D eigenvalue weighted by atomic mass is 9.91. The molecule has 0 amide bonds. The second-order valence-electron chi connectivity index (χ2n) is 6.36. The minimum atomic E-state index is -0.304. The Morgan fingerprint density at radius 3 is 2.60 bits per heavy atom. The van der Waals surface area contributed by atoms with Crippen molar-refractivity contribution in [1.82, 2.24) is 20.3 Å². The van der Waals surface area contributed by atoms with Crippen LogP contribution >= 0.6 is 11.6 Å². The van der Waals surface area contributed by atoms with Crippen LogP contribution in [0.4, 0.5) is 0 Å². The summed E-state index contributed by atoms with van der Waals surface area (Å²) in [7, 11) is 0. The molecule has 25 heavy (non-hydrogen) atoms. The molecule has 7 heteroatoms. The van der Waals surface area contributed by atoms with Crippen LogP contribution in [0.3, 0.4) is 0 Å². The lowest BCUT2D eigenvalue weighted by molar-refractivity contribution is -0.0801. The largest absolute Gasteiger partial charge is 0.436 e. The van der Waals surface area contributed by atoms with Gasteiger partial charge in [-0.3, -0.25) is 9.74 Å². The average Bonchev–Trinajstić information content (AvgIpc) is 3.02. The van der Waals surface area contributed by atoms with E-state index in [0.717, 1.165) is 37.5 Å². The Bertz CT molecular complexity index is 743. The number of halogens is 1. The molecule has 1 aromatic heterocycles. The zero-order valence-corrected chi connectivity index (χ0v) is 14.4. The third-order valence-corrected chi connectivity index (χ3v) is 4.79. The third-order valence-electron chi connectivity index (χ3n) is 4.54. The second-order valence-corrected chi connectivity index (χ2v) is 6.79. The van der Waals surface area contributed by atoms with E-state index in [1.165, 1.54) is 11.9 Å². The Kier molecular flexibility index (Phi) is 4.57. The first-order valence-corrected chi connectivity index (χ1v) is 8.65. The Labute approximate surface area is 151 Å². The predicted octanol–water partition coefficient (Wildman–Crippen LogP) is 2.92. The summed E-state index contributed by atoms with van der Waals surface area (Å²) in [5, 5.41) is 0.772. The molecule has 1 fully saturated rings. The quantitative estimate of drug-likeness (QED) is 0.906. The van der Waals surface area contributed by atoms with Gasteiger partial charge in [-0.25, -0.2) is 15.4 Å². The van der Waals surface area contributed by atoms with E-state index in [-0.39, 0.29) is 5.60 Å². The molecule has 2 aromatic rings. The molecule has 0 unspecified atom stereocenters. The highest BCUT2D eigenvalue weighted by Crippen LogP contribution is 2.32. The molecule has 1 N–H and O–H groups in total. The Balaban J connectivity index is 1.34. The molecule has 0 saturated carbocycles. The van der Waals surface area contributed by atoms with Crippen molar-refractivity contribution in [2.24, 2.45) is 0 Å². The summed E-state index contributed by atoms with van der Waals surface area (Å²) in [5.74, 6) is 1.18. The monoisotopic (exact) mass is 358 g/mol. The van der Waals surface area contributed by atoms with Crippen molar-refractivity contribution in [1.29, 1.82) is 0 Å². The average molecular weight is 359 g/mol. The first-order valence-electron chi connectivity index (χ1n) is 8.27. The normalized spacial score (nSPS) is 19.5. The molecule has 1 aromatic carbocycles. The van der Waals surface area contributed by atoms with Gasteiger partial charge in [-0.05, 0) is 30.5 Å². The van der Waals surface area contributed by atoms with Gasteiger partial charge in [0, 0.05) is 30.7 Å². The van der Waals surface area contributed by atoms with Crippen molar-refractivity contribution in [2.75, 3.05) is 13.1 Å². The van der Waals surface area contributed by atoms with Crippen LogP contribution in [-0.2, 0) is 11.4 Å². The van der Waals surface area contributed by atoms with Gasteiger partial charge in [0.05, 0.1) is 12.4 Å². The van der Waals surface area contributed by atoms with Crippen LogP contribution in [-0.4, -0.2) is 33.6 Å². The fourth-order valence-electron chi connectivity index (χ4n) is 3.15. The maximum atomic E-state index is 5.94. The summed E-state index contributed by atoms with van der Waals surface area (Å²) in [4.78, 5) is 16.1. The molecule has 0 radical (unpaired) electrons. The van der Waals surface area contributed by atoms with Gasteiger partial charge in [-0.15, -0.1) is 0 Å². The van der Waals surface area contributed by atoms with E-state index >= 15 is 0 Å². The molecule has 1 spiro atoms. The van der Waals surface area contributed by atoms with Crippen LogP contribution in [0.25, 0.3) is 0 Å². The van der Waals surface area contributed by atoms with Crippen LogP contribution in [0.5, 0.6) is 5.75 Å². The van der Waals surface area contributed by atoms with E-state index in [0.29, 0.717) is 11.6 Å². The van der Waals surface area contributed by atoms with Gasteiger partial charge in [0.2, 0.25) is 5.88 Å². The minimum Gasteiger partial charge on any atom is -0.436 e. The molecular weight excluding hydrogens is 340 g/mol. The molecular formula is C18H19ClN4O2. The third kappa shape index (κ3) is 3.92. The summed E-state index contributed by atoms with van der Waals surface area (Å²) >= 11 is 5.94. The van der Waals surface area contributed by atoms with Gasteiger partial charge in [0.15, 0.2) is 5.75 Å². The summed E-state index contributed by atoms with van der Waals surface area (Å²) in [6.45, 7) is 2.85. The molecule has 0 aliphatic carbocycles. The molecule has 3 heterocycles. The maximum Gasteiger partial charge on any atom is 0.216 e. The molecule has 0 bridgehead atoms. The van der Waals surface area contributed by atoms with E-state index in [2.05, 4.69) is 32.5 Å². The molecule has 2 aliphatic rings. The summed E-state index contributed by atoms with van der Waals surface area (Å²) < 4.78 is 5.71. The summed E-state index contributed by atoms with van der Waals surface area (Å²) in [6.07, 6.45) is 8.55. The highest BCUT2D eigenvalue weighted by atomic mass is 35.5. The van der Waals surface area contributed by atoms with Gasteiger partial charge in [0.25, 0.3) is 0 Å². The predicted molar refractivity (Wildman–Crippen MR) is 93.7 cm³/mol. The summed E-state index contributed by atoms with van der Waals surface area (Å²) in [6, 6.07) is 8.03. The van der Waals surface area contributed by atoms with E-state index in [4.69, 9.17) is 21.2 Å². The lowest BCUT2D eigenvalue weighted by Crippen LogP contribution is -2.44. The first-order chi connectivity index (χ1) is 12.2. The van der Waals surface area contributed by atoms with Crippen molar-refractivity contribution in [2.45, 2.75) is 25.0 Å². The number of benzene rings is 1. The molecule has 2 aliphatic heterocycles. The smallest absolute Gasteiger partial charge is 0.216 e. The number of hydroxylamine groups is 1. The van der Waals surface area contributed by atoms with Gasteiger partial charge in [-0.1, -0.05) is 23.7 Å². The fourth-order valence-corrected chi connectivity index (χ4v) is 3.28. The number of nitrogens with one attached hydrogen (secondary N) is 1. The summed E-state index contributed by atoms with van der Waals surface area (Å²) in [5.41, 5.74) is 3.86. The zero-order valence-electron chi connectivity index (χ0n) is 13.7. The molecule has 0 atom stereocenters. The highest BCUT2D eigenvalue weighted by Gasteiger charge is 2.39. The fraction of sp³-hybridized carbons (Fsp3) is 0.333. The van der Waals surface area contributed by atoms with Crippen molar-refractivity contribution in [3.63, 3.8) is 0 Å². The Morgan fingerprint density at radius 1 is 1.16 bits per heavy atom. The van der Waals surface area contributed by atoms with Crippen LogP contribution in [0.2, 0.25) is 5.02 Å². The van der Waals surface area contributed by atoms with Gasteiger partial charge >= 0.3 is 0 Å². The van der Waals surface area contributed by atoms with Crippen LogP contribution < -0.4 is 10.2 Å². The van der Waals surface area contributed by atoms with Crippen molar-refractivity contribution in [3.05, 3.63) is 65.5 Å². The highest BCUT2D eigenvalue weighted by molar-refractivity contribution is 6.30. The van der Waals surface area contributed by atoms with Crippen molar-refractivity contribution < 1.29 is 9.57 Å². The zero-order chi connectivity index (χ0) is 17.1. The lowest BCUT2D eigenvalue weighted by Gasteiger charge is -2.36. The number of hydrogen-bond acceptors (Lipinski definition) is 6. The number of likely N-dealkylation sites (tertiary alicyclic amines) is 1. The number of aromatic nitrogens is 2. The number of piperidine rings is 1. The van der Waals surface area contributed by atoms with Crippen LogP contribution in [0.1, 0.15) is 18.4 Å². The first kappa shape index (κ1) is 16.3. The molecule has 6 nitrogen and oxygen atoms in total. The number of nitrogens with zero attached hydrogens (tertiary/aromatic N) is 3. The van der Waals surface area contributed by atoms with E-state index in [9.17, 15) is 0 Å². The SMILES string of the molecule is Clc1ccc(CN2CCC3(C=C(Oc4cncnc4)NO3)CC2)cc1. The van der Waals surface area contributed by atoms with Crippen molar-refractivity contribution in [3.8, 4) is 5.75 Å². The number of ether oxygens (including phenoxy) is 1. The topological polar surface area (TPSA) is 59.5 Å². The minimum absolute atomic E-state index is 0.304. The van der Waals surface area contributed by atoms with E-state index < -0.39 is 0 Å². The van der Waals surface area contributed by atoms with E-state index in [1.54, 1.807) is 12.4 Å². The molecule has 1 saturated heterocycles. The molecule has 130 valence electrons. The van der Waals surface area contributed by atoms with Crippen LogP contribution in [0.15, 0.2) is 54.9 Å². The second kappa shape index (κ2) is 7.00. The standard InChI is InChI=1S/C18H19ClN4O2/c19-15-3-1-14(2-4-15)12-23-7-5-18(6-8-23)9-17(22-25-18)24-16-10-20-13-21-11-16/h1-4,9-11,13,22H,5-8,12H2. The maximum absolute atomic E-state index is 5.94. The van der Waals surface area contributed by atoms with Gasteiger partial charge in [-0.2, -0.15) is 0 Å².